The maximum absolute atomic E-state index is 10.4. The van der Waals surface area contributed by atoms with Gasteiger partial charge >= 0.3 is 0 Å². The molecule has 0 spiro atoms. The molecule has 20 heavy (non-hydrogen) atoms. The van der Waals surface area contributed by atoms with Crippen molar-refractivity contribution >= 4 is 0 Å². The molecule has 1 atom stereocenters. The average Bonchev–Trinajstić information content (AvgIpc) is 3.09. The molecule has 3 aromatic rings. The van der Waals surface area contributed by atoms with Gasteiger partial charge in [0.2, 0.25) is 0 Å². The van der Waals surface area contributed by atoms with Gasteiger partial charge in [0.1, 0.15) is 12.2 Å². The number of aromatic amines is 1. The van der Waals surface area contributed by atoms with Crippen LogP contribution in [0.4, 0.5) is 0 Å². The first-order valence-corrected chi connectivity index (χ1v) is 6.35. The van der Waals surface area contributed by atoms with Crippen LogP contribution in [-0.4, -0.2) is 30.1 Å². The first-order chi connectivity index (χ1) is 9.75. The maximum atomic E-state index is 10.4. The minimum absolute atomic E-state index is 0.399. The molecule has 2 aromatic heterocycles. The summed E-state index contributed by atoms with van der Waals surface area (Å²) in [6, 6.07) is 9.82. The summed E-state index contributed by atoms with van der Waals surface area (Å²) >= 11 is 0. The molecule has 102 valence electrons. The minimum atomic E-state index is -0.674. The zero-order chi connectivity index (χ0) is 13.9. The number of hydrogen-bond acceptors (Lipinski definition) is 4. The van der Waals surface area contributed by atoms with Crippen molar-refractivity contribution in [1.82, 2.24) is 25.0 Å². The predicted octanol–water partition coefficient (Wildman–Crippen LogP) is 1.48. The number of nitrogens with zero attached hydrogens (tertiary/aromatic N) is 4. The van der Waals surface area contributed by atoms with Crippen LogP contribution < -0.4 is 0 Å². The van der Waals surface area contributed by atoms with Gasteiger partial charge in [-0.15, -0.1) is 0 Å². The Morgan fingerprint density at radius 3 is 2.80 bits per heavy atom. The molecule has 0 fully saturated rings. The molecule has 0 saturated heterocycles. The molecule has 2 N–H and O–H groups in total. The molecule has 0 aliphatic rings. The van der Waals surface area contributed by atoms with E-state index in [0.29, 0.717) is 6.42 Å². The lowest BCUT2D eigenvalue weighted by Crippen LogP contribution is -2.08. The Labute approximate surface area is 116 Å². The Balaban J connectivity index is 1.88. The number of benzene rings is 1. The molecule has 0 amide bonds. The van der Waals surface area contributed by atoms with E-state index < -0.39 is 6.10 Å². The van der Waals surface area contributed by atoms with Crippen LogP contribution in [0.5, 0.6) is 0 Å². The summed E-state index contributed by atoms with van der Waals surface area (Å²) < 4.78 is 1.66. The number of aliphatic hydroxyl groups is 1. The third-order valence-electron chi connectivity index (χ3n) is 3.27. The molecular formula is C14H15N5O. The molecule has 1 unspecified atom stereocenters. The standard InChI is InChI=1S/C14H15N5O/c1-19-13(15-9-17-19)7-12(20)11-8-16-18-14(11)10-5-3-2-4-6-10/h2-6,8-9,12,20H,7H2,1H3,(H,16,18). The van der Waals surface area contributed by atoms with E-state index in [1.54, 1.807) is 10.9 Å². The molecule has 0 saturated carbocycles. The van der Waals surface area contributed by atoms with E-state index in [4.69, 9.17) is 0 Å². The normalized spacial score (nSPS) is 12.5. The largest absolute Gasteiger partial charge is 0.388 e. The molecule has 0 aliphatic heterocycles. The van der Waals surface area contributed by atoms with Gasteiger partial charge in [0.25, 0.3) is 0 Å². The summed E-state index contributed by atoms with van der Waals surface area (Å²) in [7, 11) is 1.81. The summed E-state index contributed by atoms with van der Waals surface area (Å²) in [6.07, 6.45) is 2.86. The number of aromatic nitrogens is 5. The topological polar surface area (TPSA) is 79.6 Å². The van der Waals surface area contributed by atoms with Crippen LogP contribution in [0.15, 0.2) is 42.9 Å². The lowest BCUT2D eigenvalue weighted by molar-refractivity contribution is 0.175. The lowest BCUT2D eigenvalue weighted by atomic mass is 10.0. The fourth-order valence-electron chi connectivity index (χ4n) is 2.17. The predicted molar refractivity (Wildman–Crippen MR) is 73.7 cm³/mol. The van der Waals surface area contributed by atoms with E-state index >= 15 is 0 Å². The number of nitrogens with one attached hydrogen (secondary N) is 1. The molecule has 6 nitrogen and oxygen atoms in total. The maximum Gasteiger partial charge on any atom is 0.138 e. The molecule has 2 heterocycles. The Kier molecular flexibility index (Phi) is 3.30. The van der Waals surface area contributed by atoms with Crippen molar-refractivity contribution in [1.29, 1.82) is 0 Å². The number of hydrogen-bond donors (Lipinski definition) is 2. The zero-order valence-electron chi connectivity index (χ0n) is 11.1. The van der Waals surface area contributed by atoms with Crippen molar-refractivity contribution in [3.05, 3.63) is 54.2 Å². The number of H-pyrrole nitrogens is 1. The third kappa shape index (κ3) is 2.33. The third-order valence-corrected chi connectivity index (χ3v) is 3.27. The zero-order valence-corrected chi connectivity index (χ0v) is 11.1. The van der Waals surface area contributed by atoms with Crippen molar-refractivity contribution in [2.75, 3.05) is 0 Å². The van der Waals surface area contributed by atoms with Gasteiger partial charge in [-0.05, 0) is 5.56 Å². The van der Waals surface area contributed by atoms with Crippen molar-refractivity contribution in [2.24, 2.45) is 7.05 Å². The van der Waals surface area contributed by atoms with Gasteiger partial charge in [-0.3, -0.25) is 9.78 Å². The van der Waals surface area contributed by atoms with E-state index in [0.717, 1.165) is 22.6 Å². The summed E-state index contributed by atoms with van der Waals surface area (Å²) in [6.45, 7) is 0. The van der Waals surface area contributed by atoms with Gasteiger partial charge < -0.3 is 5.11 Å². The second-order valence-corrected chi connectivity index (χ2v) is 4.59. The van der Waals surface area contributed by atoms with Crippen LogP contribution in [0.25, 0.3) is 11.3 Å². The van der Waals surface area contributed by atoms with Gasteiger partial charge in [-0.1, -0.05) is 30.3 Å². The van der Waals surface area contributed by atoms with Crippen molar-refractivity contribution in [3.63, 3.8) is 0 Å². The number of aliphatic hydroxyl groups excluding tert-OH is 1. The summed E-state index contributed by atoms with van der Waals surface area (Å²) in [4.78, 5) is 4.13. The molecule has 6 heteroatoms. The van der Waals surface area contributed by atoms with Gasteiger partial charge in [-0.25, -0.2) is 4.98 Å². The smallest absolute Gasteiger partial charge is 0.138 e. The fraction of sp³-hybridized carbons (Fsp3) is 0.214. The molecular weight excluding hydrogens is 254 g/mol. The van der Waals surface area contributed by atoms with Gasteiger partial charge in [-0.2, -0.15) is 10.2 Å². The Morgan fingerprint density at radius 2 is 2.10 bits per heavy atom. The van der Waals surface area contributed by atoms with Crippen LogP contribution >= 0.6 is 0 Å². The monoisotopic (exact) mass is 269 g/mol. The molecule has 3 rings (SSSR count). The minimum Gasteiger partial charge on any atom is -0.388 e. The second kappa shape index (κ2) is 5.26. The van der Waals surface area contributed by atoms with Gasteiger partial charge in [0, 0.05) is 19.0 Å². The number of aryl methyl sites for hydroxylation is 1. The van der Waals surface area contributed by atoms with E-state index in [1.165, 1.54) is 6.33 Å². The Hall–Kier alpha value is -2.47. The average molecular weight is 269 g/mol. The lowest BCUT2D eigenvalue weighted by Gasteiger charge is -2.10. The summed E-state index contributed by atoms with van der Waals surface area (Å²) in [5, 5.41) is 21.4. The van der Waals surface area contributed by atoms with Crippen LogP contribution in [-0.2, 0) is 13.5 Å². The van der Waals surface area contributed by atoms with Crippen molar-refractivity contribution in [3.8, 4) is 11.3 Å². The highest BCUT2D eigenvalue weighted by molar-refractivity contribution is 5.62. The van der Waals surface area contributed by atoms with Crippen LogP contribution in [0, 0.1) is 0 Å². The fourth-order valence-corrected chi connectivity index (χ4v) is 2.17. The molecule has 0 radical (unpaired) electrons. The van der Waals surface area contributed by atoms with E-state index in [1.807, 2.05) is 37.4 Å². The van der Waals surface area contributed by atoms with E-state index in [-0.39, 0.29) is 0 Å². The Bertz CT molecular complexity index is 688. The SMILES string of the molecule is Cn1ncnc1CC(O)c1cn[nH]c1-c1ccccc1. The van der Waals surface area contributed by atoms with Crippen molar-refractivity contribution in [2.45, 2.75) is 12.5 Å². The van der Waals surface area contributed by atoms with Crippen LogP contribution in [0.3, 0.4) is 0 Å². The van der Waals surface area contributed by atoms with Crippen LogP contribution in [0.2, 0.25) is 0 Å². The van der Waals surface area contributed by atoms with Crippen molar-refractivity contribution < 1.29 is 5.11 Å². The molecule has 0 aliphatic carbocycles. The van der Waals surface area contributed by atoms with Gasteiger partial charge in [0.15, 0.2) is 0 Å². The quantitative estimate of drug-likeness (QED) is 0.752. The Morgan fingerprint density at radius 1 is 1.30 bits per heavy atom. The first kappa shape index (κ1) is 12.6. The first-order valence-electron chi connectivity index (χ1n) is 6.35. The van der Waals surface area contributed by atoms with Crippen LogP contribution in [0.1, 0.15) is 17.5 Å². The molecule has 1 aromatic carbocycles. The van der Waals surface area contributed by atoms with Gasteiger partial charge in [0.05, 0.1) is 18.0 Å². The molecule has 0 bridgehead atoms. The van der Waals surface area contributed by atoms with E-state index in [2.05, 4.69) is 20.3 Å². The number of rotatable bonds is 4. The summed E-state index contributed by atoms with van der Waals surface area (Å²) in [5.74, 6) is 0.734. The second-order valence-electron chi connectivity index (χ2n) is 4.59. The highest BCUT2D eigenvalue weighted by atomic mass is 16.3. The summed E-state index contributed by atoms with van der Waals surface area (Å²) in [5.41, 5.74) is 2.59. The highest BCUT2D eigenvalue weighted by Gasteiger charge is 2.18. The highest BCUT2D eigenvalue weighted by Crippen LogP contribution is 2.27. The van der Waals surface area contributed by atoms with E-state index in [9.17, 15) is 5.11 Å².